The van der Waals surface area contributed by atoms with Crippen LogP contribution in [-0.4, -0.2) is 7.11 Å². The van der Waals surface area contributed by atoms with Crippen LogP contribution in [0.15, 0.2) is 12.1 Å². The molecule has 1 saturated carbocycles. The Balaban J connectivity index is 2.52. The minimum Gasteiger partial charge on any atom is -0.496 e. The molecule has 0 aromatic heterocycles. The Morgan fingerprint density at radius 2 is 2.07 bits per heavy atom. The van der Waals surface area contributed by atoms with Gasteiger partial charge in [-0.25, -0.2) is 4.39 Å². The first kappa shape index (κ1) is 9.46. The van der Waals surface area contributed by atoms with Gasteiger partial charge in [0.15, 0.2) is 0 Å². The maximum atomic E-state index is 13.3. The van der Waals surface area contributed by atoms with Gasteiger partial charge in [0.25, 0.3) is 0 Å². The van der Waals surface area contributed by atoms with Crippen molar-refractivity contribution in [2.24, 2.45) is 5.73 Å². The van der Waals surface area contributed by atoms with Gasteiger partial charge < -0.3 is 10.5 Å². The largest absolute Gasteiger partial charge is 0.496 e. The quantitative estimate of drug-likeness (QED) is 0.784. The van der Waals surface area contributed by atoms with Crippen LogP contribution in [-0.2, 0) is 5.54 Å². The molecule has 1 aliphatic rings. The summed E-state index contributed by atoms with van der Waals surface area (Å²) in [4.78, 5) is 0. The summed E-state index contributed by atoms with van der Waals surface area (Å²) in [5, 5.41) is 0. The van der Waals surface area contributed by atoms with E-state index in [2.05, 4.69) is 0 Å². The van der Waals surface area contributed by atoms with Gasteiger partial charge in [-0.2, -0.15) is 0 Å². The lowest BCUT2D eigenvalue weighted by Crippen LogP contribution is -2.20. The SMILES string of the molecule is COc1cc(C)c(F)cc1C1(N)CC1. The molecule has 3 heteroatoms. The molecule has 14 heavy (non-hydrogen) atoms. The number of hydrogen-bond donors (Lipinski definition) is 1. The fourth-order valence-electron chi connectivity index (χ4n) is 1.62. The Morgan fingerprint density at radius 1 is 1.43 bits per heavy atom. The summed E-state index contributed by atoms with van der Waals surface area (Å²) in [7, 11) is 1.59. The van der Waals surface area contributed by atoms with Gasteiger partial charge in [0.1, 0.15) is 11.6 Å². The summed E-state index contributed by atoms with van der Waals surface area (Å²) in [5.41, 5.74) is 7.06. The Bertz CT molecular complexity index is 372. The molecule has 2 N–H and O–H groups in total. The molecule has 0 unspecified atom stereocenters. The highest BCUT2D eigenvalue weighted by atomic mass is 19.1. The van der Waals surface area contributed by atoms with E-state index in [-0.39, 0.29) is 11.4 Å². The summed E-state index contributed by atoms with van der Waals surface area (Å²) in [5.74, 6) is 0.487. The van der Waals surface area contributed by atoms with Crippen molar-refractivity contribution in [1.82, 2.24) is 0 Å². The topological polar surface area (TPSA) is 35.2 Å². The highest BCUT2D eigenvalue weighted by molar-refractivity contribution is 5.45. The summed E-state index contributed by atoms with van der Waals surface area (Å²) in [6.45, 7) is 1.72. The van der Waals surface area contributed by atoms with E-state index in [0.717, 1.165) is 18.4 Å². The van der Waals surface area contributed by atoms with Crippen LogP contribution in [0.1, 0.15) is 24.0 Å². The van der Waals surface area contributed by atoms with Crippen molar-refractivity contribution in [1.29, 1.82) is 0 Å². The molecule has 1 aromatic carbocycles. The number of nitrogens with two attached hydrogens (primary N) is 1. The zero-order valence-electron chi connectivity index (χ0n) is 8.43. The number of ether oxygens (including phenoxy) is 1. The van der Waals surface area contributed by atoms with Crippen molar-refractivity contribution in [2.75, 3.05) is 7.11 Å². The number of hydrogen-bond acceptors (Lipinski definition) is 2. The lowest BCUT2D eigenvalue weighted by Gasteiger charge is -2.15. The van der Waals surface area contributed by atoms with Crippen molar-refractivity contribution >= 4 is 0 Å². The van der Waals surface area contributed by atoms with Gasteiger partial charge in [0, 0.05) is 11.1 Å². The van der Waals surface area contributed by atoms with Gasteiger partial charge in [-0.3, -0.25) is 0 Å². The second-order valence-electron chi connectivity index (χ2n) is 3.96. The zero-order valence-corrected chi connectivity index (χ0v) is 8.43. The highest BCUT2D eigenvalue weighted by Gasteiger charge is 2.42. The molecule has 0 saturated heterocycles. The minimum absolute atomic E-state index is 0.211. The standard InChI is InChI=1S/C11H14FNO/c1-7-5-10(14-2)8(6-9(7)12)11(13)3-4-11/h5-6H,3-4,13H2,1-2H3. The molecule has 0 radical (unpaired) electrons. The number of aryl methyl sites for hydroxylation is 1. The average Bonchev–Trinajstić information content (AvgIpc) is 2.89. The molecular formula is C11H14FNO. The first-order valence-corrected chi connectivity index (χ1v) is 4.70. The summed E-state index contributed by atoms with van der Waals surface area (Å²) in [6, 6.07) is 3.21. The second-order valence-corrected chi connectivity index (χ2v) is 3.96. The summed E-state index contributed by atoms with van der Waals surface area (Å²) in [6.07, 6.45) is 1.82. The van der Waals surface area contributed by atoms with E-state index in [0.29, 0.717) is 11.3 Å². The molecule has 0 heterocycles. The maximum absolute atomic E-state index is 13.3. The van der Waals surface area contributed by atoms with E-state index in [1.165, 1.54) is 6.07 Å². The molecular weight excluding hydrogens is 181 g/mol. The van der Waals surface area contributed by atoms with Gasteiger partial charge in [-0.05, 0) is 37.5 Å². The van der Waals surface area contributed by atoms with Crippen molar-refractivity contribution < 1.29 is 9.13 Å². The molecule has 0 atom stereocenters. The molecule has 0 bridgehead atoms. The summed E-state index contributed by atoms with van der Waals surface area (Å²) >= 11 is 0. The van der Waals surface area contributed by atoms with E-state index in [9.17, 15) is 4.39 Å². The molecule has 0 spiro atoms. The lowest BCUT2D eigenvalue weighted by molar-refractivity contribution is 0.402. The number of rotatable bonds is 2. The van der Waals surface area contributed by atoms with Gasteiger partial charge in [-0.15, -0.1) is 0 Å². The normalized spacial score (nSPS) is 18.0. The molecule has 1 aliphatic carbocycles. The molecule has 76 valence electrons. The molecule has 2 nitrogen and oxygen atoms in total. The van der Waals surface area contributed by atoms with Crippen LogP contribution in [0.25, 0.3) is 0 Å². The van der Waals surface area contributed by atoms with E-state index < -0.39 is 0 Å². The van der Waals surface area contributed by atoms with Crippen molar-refractivity contribution in [3.05, 3.63) is 29.1 Å². The van der Waals surface area contributed by atoms with Crippen LogP contribution >= 0.6 is 0 Å². The van der Waals surface area contributed by atoms with Crippen LogP contribution in [0, 0.1) is 12.7 Å². The Labute approximate surface area is 82.9 Å². The molecule has 0 amide bonds. The first-order valence-electron chi connectivity index (χ1n) is 4.70. The fourth-order valence-corrected chi connectivity index (χ4v) is 1.62. The van der Waals surface area contributed by atoms with E-state index in [1.807, 2.05) is 0 Å². The average molecular weight is 195 g/mol. The first-order chi connectivity index (χ1) is 6.57. The maximum Gasteiger partial charge on any atom is 0.126 e. The Morgan fingerprint density at radius 3 is 2.57 bits per heavy atom. The fraction of sp³-hybridized carbons (Fsp3) is 0.455. The summed E-state index contributed by atoms with van der Waals surface area (Å²) < 4.78 is 18.5. The molecule has 0 aliphatic heterocycles. The van der Waals surface area contributed by atoms with Crippen LogP contribution < -0.4 is 10.5 Å². The van der Waals surface area contributed by atoms with Crippen molar-refractivity contribution in [2.45, 2.75) is 25.3 Å². The monoisotopic (exact) mass is 195 g/mol. The predicted molar refractivity (Wildman–Crippen MR) is 52.8 cm³/mol. The van der Waals surface area contributed by atoms with E-state index >= 15 is 0 Å². The smallest absolute Gasteiger partial charge is 0.126 e. The minimum atomic E-state index is -0.347. The predicted octanol–water partition coefficient (Wildman–Crippen LogP) is 2.09. The van der Waals surface area contributed by atoms with Crippen molar-refractivity contribution in [3.8, 4) is 5.75 Å². The third-order valence-electron chi connectivity index (χ3n) is 2.81. The third-order valence-corrected chi connectivity index (χ3v) is 2.81. The molecule has 2 rings (SSSR count). The highest BCUT2D eigenvalue weighted by Crippen LogP contribution is 2.46. The number of halogens is 1. The molecule has 1 fully saturated rings. The Kier molecular flexibility index (Phi) is 2.00. The molecule has 1 aromatic rings. The van der Waals surface area contributed by atoms with Crippen LogP contribution in [0.4, 0.5) is 4.39 Å². The lowest BCUT2D eigenvalue weighted by atomic mass is 10.0. The van der Waals surface area contributed by atoms with Crippen LogP contribution in [0.2, 0.25) is 0 Å². The second kappa shape index (κ2) is 2.95. The van der Waals surface area contributed by atoms with Gasteiger partial charge >= 0.3 is 0 Å². The van der Waals surface area contributed by atoms with Gasteiger partial charge in [-0.1, -0.05) is 0 Å². The van der Waals surface area contributed by atoms with E-state index in [1.54, 1.807) is 20.1 Å². The van der Waals surface area contributed by atoms with Crippen molar-refractivity contribution in [3.63, 3.8) is 0 Å². The number of benzene rings is 1. The Hall–Kier alpha value is -1.09. The van der Waals surface area contributed by atoms with Crippen LogP contribution in [0.5, 0.6) is 5.75 Å². The third kappa shape index (κ3) is 1.38. The van der Waals surface area contributed by atoms with E-state index in [4.69, 9.17) is 10.5 Å². The van der Waals surface area contributed by atoms with Gasteiger partial charge in [0.05, 0.1) is 7.11 Å². The van der Waals surface area contributed by atoms with Crippen LogP contribution in [0.3, 0.4) is 0 Å². The number of methoxy groups -OCH3 is 1. The zero-order chi connectivity index (χ0) is 10.3. The van der Waals surface area contributed by atoms with Gasteiger partial charge in [0.2, 0.25) is 0 Å².